The first-order chi connectivity index (χ1) is 9.16. The summed E-state index contributed by atoms with van der Waals surface area (Å²) in [6, 6.07) is 4.47. The van der Waals surface area contributed by atoms with E-state index in [-0.39, 0.29) is 17.2 Å². The number of phenolic OH excluding ortho intramolecular Hbond substituents is 1. The molecule has 0 spiro atoms. The van der Waals surface area contributed by atoms with Crippen molar-refractivity contribution < 1.29 is 19.5 Å². The molecule has 1 heterocycles. The third kappa shape index (κ3) is 4.09. The molecule has 0 aliphatic carbocycles. The van der Waals surface area contributed by atoms with Crippen molar-refractivity contribution in [3.8, 4) is 5.75 Å². The molecule has 1 fully saturated rings. The second-order valence-corrected chi connectivity index (χ2v) is 4.97. The molecule has 1 aliphatic heterocycles. The number of amides is 1. The number of hydrogen-bond acceptors (Lipinski definition) is 3. The number of morpholine rings is 1. The van der Waals surface area contributed by atoms with Crippen LogP contribution in [0.15, 0.2) is 18.2 Å². The molecule has 19 heavy (non-hydrogen) atoms. The molecule has 1 amide bonds. The molecule has 5 nitrogen and oxygen atoms in total. The van der Waals surface area contributed by atoms with Crippen LogP contribution < -0.4 is 10.2 Å². The van der Waals surface area contributed by atoms with E-state index in [1.807, 2.05) is 0 Å². The van der Waals surface area contributed by atoms with Crippen molar-refractivity contribution in [3.63, 3.8) is 0 Å². The Labute approximate surface area is 117 Å². The van der Waals surface area contributed by atoms with Crippen molar-refractivity contribution in [1.82, 2.24) is 5.32 Å². The van der Waals surface area contributed by atoms with Crippen molar-refractivity contribution in [2.24, 2.45) is 0 Å². The highest BCUT2D eigenvalue weighted by atomic mass is 35.5. The number of ether oxygens (including phenoxy) is 1. The first-order valence-corrected chi connectivity index (χ1v) is 6.72. The molecule has 2 rings (SSSR count). The summed E-state index contributed by atoms with van der Waals surface area (Å²) in [7, 11) is 0. The predicted octanol–water partition coefficient (Wildman–Crippen LogP) is -0.309. The van der Waals surface area contributed by atoms with Crippen molar-refractivity contribution in [2.75, 3.05) is 39.4 Å². The zero-order valence-electron chi connectivity index (χ0n) is 10.6. The number of quaternary nitrogens is 1. The van der Waals surface area contributed by atoms with E-state index in [1.165, 1.54) is 17.0 Å². The van der Waals surface area contributed by atoms with Crippen LogP contribution in [0.1, 0.15) is 10.4 Å². The van der Waals surface area contributed by atoms with Gasteiger partial charge in [-0.2, -0.15) is 0 Å². The summed E-state index contributed by atoms with van der Waals surface area (Å²) in [4.78, 5) is 13.3. The third-order valence-electron chi connectivity index (χ3n) is 3.17. The number of carbonyl (C=O) groups excluding carboxylic acids is 1. The minimum Gasteiger partial charge on any atom is -0.507 e. The van der Waals surface area contributed by atoms with Crippen LogP contribution >= 0.6 is 11.6 Å². The molecular weight excluding hydrogens is 268 g/mol. The van der Waals surface area contributed by atoms with Crippen molar-refractivity contribution in [3.05, 3.63) is 28.8 Å². The highest BCUT2D eigenvalue weighted by Gasteiger charge is 2.15. The van der Waals surface area contributed by atoms with E-state index < -0.39 is 0 Å². The lowest BCUT2D eigenvalue weighted by Crippen LogP contribution is -3.14. The number of benzene rings is 1. The zero-order valence-corrected chi connectivity index (χ0v) is 11.4. The second kappa shape index (κ2) is 6.75. The Hall–Kier alpha value is -1.30. The minimum absolute atomic E-state index is 0.0938. The van der Waals surface area contributed by atoms with Crippen LogP contribution in [0.3, 0.4) is 0 Å². The molecule has 1 aliphatic rings. The topological polar surface area (TPSA) is 63.0 Å². The van der Waals surface area contributed by atoms with Crippen LogP contribution in [0, 0.1) is 0 Å². The van der Waals surface area contributed by atoms with Crippen LogP contribution in [-0.2, 0) is 4.74 Å². The monoisotopic (exact) mass is 285 g/mol. The first-order valence-electron chi connectivity index (χ1n) is 6.35. The van der Waals surface area contributed by atoms with Gasteiger partial charge < -0.3 is 20.1 Å². The first kappa shape index (κ1) is 14.1. The SMILES string of the molecule is O=C(NCC[NH+]1CCOCC1)c1ccc(Cl)cc1O. The zero-order chi connectivity index (χ0) is 13.7. The summed E-state index contributed by atoms with van der Waals surface area (Å²) in [5.41, 5.74) is 0.251. The molecule has 104 valence electrons. The molecule has 0 atom stereocenters. The Bertz CT molecular complexity index is 448. The summed E-state index contributed by atoms with van der Waals surface area (Å²) in [6.45, 7) is 4.95. The van der Waals surface area contributed by atoms with Gasteiger partial charge in [0.15, 0.2) is 0 Å². The summed E-state index contributed by atoms with van der Waals surface area (Å²) >= 11 is 5.72. The van der Waals surface area contributed by atoms with Gasteiger partial charge >= 0.3 is 0 Å². The fraction of sp³-hybridized carbons (Fsp3) is 0.462. The number of halogens is 1. The summed E-state index contributed by atoms with van der Waals surface area (Å²) in [5, 5.41) is 12.9. The average molecular weight is 286 g/mol. The smallest absolute Gasteiger partial charge is 0.255 e. The average Bonchev–Trinajstić information content (AvgIpc) is 2.39. The summed E-state index contributed by atoms with van der Waals surface area (Å²) in [6.07, 6.45) is 0. The van der Waals surface area contributed by atoms with Crippen LogP contribution in [0.25, 0.3) is 0 Å². The standard InChI is InChI=1S/C13H17ClN2O3/c14-10-1-2-11(12(17)9-10)13(18)15-3-4-16-5-7-19-8-6-16/h1-2,9,17H,3-8H2,(H,15,18)/p+1. The highest BCUT2D eigenvalue weighted by molar-refractivity contribution is 6.30. The highest BCUT2D eigenvalue weighted by Crippen LogP contribution is 2.21. The number of carbonyl (C=O) groups is 1. The van der Waals surface area contributed by atoms with E-state index in [2.05, 4.69) is 5.32 Å². The molecule has 0 unspecified atom stereocenters. The maximum absolute atomic E-state index is 11.9. The molecular formula is C13H18ClN2O3+. The number of aromatic hydroxyl groups is 1. The van der Waals surface area contributed by atoms with Crippen LogP contribution in [-0.4, -0.2) is 50.4 Å². The van der Waals surface area contributed by atoms with Crippen LogP contribution in [0.5, 0.6) is 5.75 Å². The Morgan fingerprint density at radius 3 is 2.84 bits per heavy atom. The molecule has 1 aromatic rings. The minimum atomic E-state index is -0.276. The van der Waals surface area contributed by atoms with Crippen LogP contribution in [0.4, 0.5) is 0 Å². The molecule has 6 heteroatoms. The normalized spacial score (nSPS) is 16.3. The molecule has 1 aromatic carbocycles. The summed E-state index contributed by atoms with van der Waals surface area (Å²) in [5.74, 6) is -0.370. The van der Waals surface area contributed by atoms with Gasteiger partial charge in [-0.05, 0) is 18.2 Å². The third-order valence-corrected chi connectivity index (χ3v) is 3.40. The maximum atomic E-state index is 11.9. The Morgan fingerprint density at radius 1 is 1.42 bits per heavy atom. The molecule has 0 radical (unpaired) electrons. The van der Waals surface area contributed by atoms with E-state index in [0.717, 1.165) is 32.8 Å². The van der Waals surface area contributed by atoms with Gasteiger partial charge in [0.05, 0.1) is 31.9 Å². The van der Waals surface area contributed by atoms with Crippen molar-refractivity contribution in [1.29, 1.82) is 0 Å². The number of hydrogen-bond donors (Lipinski definition) is 3. The van der Waals surface area contributed by atoms with E-state index in [0.29, 0.717) is 11.6 Å². The largest absolute Gasteiger partial charge is 0.507 e. The molecule has 3 N–H and O–H groups in total. The lowest BCUT2D eigenvalue weighted by Gasteiger charge is -2.23. The van der Waals surface area contributed by atoms with Gasteiger partial charge in [-0.1, -0.05) is 11.6 Å². The molecule has 1 saturated heterocycles. The fourth-order valence-electron chi connectivity index (χ4n) is 2.05. The predicted molar refractivity (Wildman–Crippen MR) is 71.8 cm³/mol. The van der Waals surface area contributed by atoms with E-state index in [4.69, 9.17) is 16.3 Å². The lowest BCUT2D eigenvalue weighted by atomic mass is 10.2. The quantitative estimate of drug-likeness (QED) is 0.711. The van der Waals surface area contributed by atoms with E-state index in [1.54, 1.807) is 6.07 Å². The summed E-state index contributed by atoms with van der Waals surface area (Å²) < 4.78 is 5.27. The number of phenols is 1. The fourth-order valence-corrected chi connectivity index (χ4v) is 2.22. The van der Waals surface area contributed by atoms with Crippen molar-refractivity contribution >= 4 is 17.5 Å². The van der Waals surface area contributed by atoms with Gasteiger partial charge in [-0.3, -0.25) is 4.79 Å². The molecule has 0 saturated carbocycles. The van der Waals surface area contributed by atoms with Gasteiger partial charge in [0.25, 0.3) is 5.91 Å². The maximum Gasteiger partial charge on any atom is 0.255 e. The van der Waals surface area contributed by atoms with Crippen LogP contribution in [0.2, 0.25) is 5.02 Å². The Balaban J connectivity index is 1.80. The van der Waals surface area contributed by atoms with Gasteiger partial charge in [-0.15, -0.1) is 0 Å². The number of nitrogens with one attached hydrogen (secondary N) is 2. The number of rotatable bonds is 4. The lowest BCUT2D eigenvalue weighted by molar-refractivity contribution is -0.906. The van der Waals surface area contributed by atoms with Gasteiger partial charge in [0.1, 0.15) is 18.8 Å². The van der Waals surface area contributed by atoms with E-state index in [9.17, 15) is 9.90 Å². The van der Waals surface area contributed by atoms with Gasteiger partial charge in [-0.25, -0.2) is 0 Å². The van der Waals surface area contributed by atoms with Gasteiger partial charge in [0.2, 0.25) is 0 Å². The Morgan fingerprint density at radius 2 is 2.16 bits per heavy atom. The molecule has 0 aromatic heterocycles. The molecule has 0 bridgehead atoms. The van der Waals surface area contributed by atoms with Gasteiger partial charge in [0, 0.05) is 5.02 Å². The second-order valence-electron chi connectivity index (χ2n) is 4.53. The van der Waals surface area contributed by atoms with E-state index >= 15 is 0 Å². The van der Waals surface area contributed by atoms with Crippen molar-refractivity contribution in [2.45, 2.75) is 0 Å². The Kier molecular flexibility index (Phi) is 5.01.